The van der Waals surface area contributed by atoms with Gasteiger partial charge in [0.05, 0.1) is 9.72 Å². The van der Waals surface area contributed by atoms with E-state index in [0.717, 1.165) is 20.1 Å². The van der Waals surface area contributed by atoms with Crippen LogP contribution in [0.2, 0.25) is 20.1 Å². The summed E-state index contributed by atoms with van der Waals surface area (Å²) in [6.07, 6.45) is 0. The Hall–Kier alpha value is -6.80. The second-order valence-corrected chi connectivity index (χ2v) is 24.4. The lowest BCUT2D eigenvalue weighted by Crippen LogP contribution is -1.77. The average molecular weight is 1130 g/mol. The molecule has 0 amide bonds. The van der Waals surface area contributed by atoms with Crippen molar-refractivity contribution >= 4 is 194 Å². The number of rotatable bonds is 2. The molecule has 0 bridgehead atoms. The highest BCUT2D eigenvalue weighted by Gasteiger charge is 2.14. The molecule has 4 aromatic heterocycles. The van der Waals surface area contributed by atoms with E-state index >= 15 is 0 Å². The first-order chi connectivity index (χ1) is 37.3. The van der Waals surface area contributed by atoms with Crippen LogP contribution in [0.25, 0.3) is 124 Å². The van der Waals surface area contributed by atoms with Crippen LogP contribution >= 0.6 is 91.8 Å². The topological polar surface area (TPSA) is 0 Å². The summed E-state index contributed by atoms with van der Waals surface area (Å²) in [5, 5.41) is 18.6. The molecule has 0 nitrogen and oxygen atoms in total. The molecular formula is C68H40Cl4S4. The maximum atomic E-state index is 6.38. The zero-order chi connectivity index (χ0) is 51.3. The third-order valence-corrected chi connectivity index (χ3v) is 19.6. The van der Waals surface area contributed by atoms with E-state index in [4.69, 9.17) is 46.4 Å². The minimum absolute atomic E-state index is 0.794. The molecule has 76 heavy (non-hydrogen) atoms. The van der Waals surface area contributed by atoms with E-state index in [1.165, 1.54) is 124 Å². The van der Waals surface area contributed by atoms with Gasteiger partial charge in [0.25, 0.3) is 0 Å². The Bertz CT molecular complexity index is 4820. The highest BCUT2D eigenvalue weighted by molar-refractivity contribution is 7.27. The van der Waals surface area contributed by atoms with E-state index in [-0.39, 0.29) is 0 Å². The molecule has 0 N–H and O–H groups in total. The Balaban J connectivity index is 0.0000000971. The van der Waals surface area contributed by atoms with Gasteiger partial charge in [0.1, 0.15) is 0 Å². The van der Waals surface area contributed by atoms with Crippen LogP contribution in [0.15, 0.2) is 243 Å². The highest BCUT2D eigenvalue weighted by Crippen LogP contribution is 2.44. The second-order valence-electron chi connectivity index (χ2n) is 18.4. The third kappa shape index (κ3) is 9.38. The lowest BCUT2D eigenvalue weighted by Gasteiger charge is -2.03. The SMILES string of the molecule is Clc1ccc2c(c1)sc1ccc3ccccc3c12.Clc1ccc2sc3ccc(-c4ccccc4)cc3c2c1.Clc1cccc2c1sc1cc3ccccc3cc12.Clc1cccc2sc3c(-c4ccccc4)cccc3c12. The van der Waals surface area contributed by atoms with Crippen molar-refractivity contribution in [2.45, 2.75) is 0 Å². The largest absolute Gasteiger partial charge is 0.135 e. The standard InChI is InChI=1S/2C18H11ClS.2C16H9ClS/c19-15-10-5-11-16-17(15)14-9-4-8-13(18(14)20-16)12-6-2-1-3-7-12;19-14-7-9-18-16(11-14)15-10-13(6-8-17(15)20-18)12-4-2-1-3-5-12;17-14-7-3-6-12-13-8-10-4-1-2-5-11(10)9-15(13)18-16(12)14;17-11-6-7-13-15(9-11)18-14-8-5-10-3-1-2-4-12(10)16(13)14/h2*1-11H;2*1-9H. The van der Waals surface area contributed by atoms with Crippen LogP contribution in [0.4, 0.5) is 0 Å². The summed E-state index contributed by atoms with van der Waals surface area (Å²) in [7, 11) is 0. The number of benzene rings is 12. The van der Waals surface area contributed by atoms with Gasteiger partial charge in [-0.25, -0.2) is 0 Å². The summed E-state index contributed by atoms with van der Waals surface area (Å²) in [4.78, 5) is 0. The summed E-state index contributed by atoms with van der Waals surface area (Å²) < 4.78 is 10.2. The summed E-state index contributed by atoms with van der Waals surface area (Å²) in [5.74, 6) is 0. The van der Waals surface area contributed by atoms with Crippen LogP contribution in [0.5, 0.6) is 0 Å². The van der Waals surface area contributed by atoms with Gasteiger partial charge in [-0.15, -0.1) is 45.3 Å². The smallest absolute Gasteiger partial charge is 0.0584 e. The minimum Gasteiger partial charge on any atom is -0.135 e. The first-order valence-electron chi connectivity index (χ1n) is 24.6. The average Bonchev–Trinajstić information content (AvgIpc) is 4.24. The molecule has 0 saturated heterocycles. The molecule has 0 saturated carbocycles. The number of fused-ring (bicyclic) bond motifs is 15. The molecular weight excluding hydrogens is 1090 g/mol. The number of halogens is 4. The van der Waals surface area contributed by atoms with Gasteiger partial charge in [0, 0.05) is 91.1 Å². The van der Waals surface area contributed by atoms with Crippen molar-refractivity contribution < 1.29 is 0 Å². The van der Waals surface area contributed by atoms with Crippen molar-refractivity contribution in [2.24, 2.45) is 0 Å². The fourth-order valence-electron chi connectivity index (χ4n) is 10.2. The molecule has 16 aromatic rings. The highest BCUT2D eigenvalue weighted by atomic mass is 35.5. The van der Waals surface area contributed by atoms with Gasteiger partial charge in [-0.2, -0.15) is 0 Å². The van der Waals surface area contributed by atoms with Crippen LogP contribution in [-0.4, -0.2) is 0 Å². The normalized spacial score (nSPS) is 11.4. The van der Waals surface area contributed by atoms with Crippen LogP contribution in [-0.2, 0) is 0 Å². The van der Waals surface area contributed by atoms with Crippen LogP contribution in [0.3, 0.4) is 0 Å². The lowest BCUT2D eigenvalue weighted by molar-refractivity contribution is 1.66. The van der Waals surface area contributed by atoms with E-state index in [0.29, 0.717) is 0 Å². The summed E-state index contributed by atoms with van der Waals surface area (Å²) >= 11 is 32.1. The fourth-order valence-corrected chi connectivity index (χ4v) is 15.8. The van der Waals surface area contributed by atoms with Gasteiger partial charge < -0.3 is 0 Å². The Morgan fingerprint density at radius 1 is 0.237 bits per heavy atom. The van der Waals surface area contributed by atoms with Crippen molar-refractivity contribution in [3.63, 3.8) is 0 Å². The zero-order valence-electron chi connectivity index (χ0n) is 40.2. The summed E-state index contributed by atoms with van der Waals surface area (Å²) in [5.41, 5.74) is 5.02. The molecule has 0 atom stereocenters. The van der Waals surface area contributed by atoms with Crippen LogP contribution in [0.1, 0.15) is 0 Å². The van der Waals surface area contributed by atoms with Gasteiger partial charge in [-0.1, -0.05) is 210 Å². The molecule has 0 aliphatic heterocycles. The Labute approximate surface area is 474 Å². The molecule has 0 spiro atoms. The lowest BCUT2D eigenvalue weighted by atomic mass is 10.0. The van der Waals surface area contributed by atoms with Crippen LogP contribution < -0.4 is 0 Å². The molecule has 364 valence electrons. The Kier molecular flexibility index (Phi) is 13.5. The van der Waals surface area contributed by atoms with Gasteiger partial charge in [0.15, 0.2) is 0 Å². The molecule has 0 unspecified atom stereocenters. The maximum absolute atomic E-state index is 6.38. The number of hydrogen-bond donors (Lipinski definition) is 0. The van der Waals surface area contributed by atoms with E-state index in [2.05, 4.69) is 194 Å². The third-order valence-electron chi connectivity index (χ3n) is 13.7. The zero-order valence-corrected chi connectivity index (χ0v) is 46.5. The monoisotopic (exact) mass is 1120 g/mol. The Morgan fingerprint density at radius 3 is 1.61 bits per heavy atom. The number of thiophene rings is 4. The molecule has 8 heteroatoms. The van der Waals surface area contributed by atoms with Gasteiger partial charge >= 0.3 is 0 Å². The van der Waals surface area contributed by atoms with E-state index in [9.17, 15) is 0 Å². The molecule has 4 heterocycles. The second kappa shape index (κ2) is 21.0. The van der Waals surface area contributed by atoms with Crippen molar-refractivity contribution in [1.29, 1.82) is 0 Å². The Morgan fingerprint density at radius 2 is 0.789 bits per heavy atom. The molecule has 0 fully saturated rings. The molecule has 12 aromatic carbocycles. The first-order valence-corrected chi connectivity index (χ1v) is 29.4. The van der Waals surface area contributed by atoms with E-state index in [1.54, 1.807) is 22.7 Å². The summed E-state index contributed by atoms with van der Waals surface area (Å²) in [6.45, 7) is 0. The summed E-state index contributed by atoms with van der Waals surface area (Å²) in [6, 6.07) is 84.5. The quantitative estimate of drug-likeness (QED) is 0.162. The molecule has 16 rings (SSSR count). The minimum atomic E-state index is 0.794. The predicted molar refractivity (Wildman–Crippen MR) is 343 cm³/mol. The maximum Gasteiger partial charge on any atom is 0.0584 e. The van der Waals surface area contributed by atoms with Gasteiger partial charge in [0.2, 0.25) is 0 Å². The molecule has 0 radical (unpaired) electrons. The predicted octanol–water partition coefficient (Wildman–Crippen LogP) is 24.5. The molecule has 0 aliphatic rings. The van der Waals surface area contributed by atoms with Crippen LogP contribution in [0, 0.1) is 0 Å². The van der Waals surface area contributed by atoms with Crippen molar-refractivity contribution in [3.05, 3.63) is 263 Å². The van der Waals surface area contributed by atoms with Crippen molar-refractivity contribution in [2.75, 3.05) is 0 Å². The first kappa shape index (κ1) is 48.8. The van der Waals surface area contributed by atoms with Crippen molar-refractivity contribution in [3.8, 4) is 22.3 Å². The van der Waals surface area contributed by atoms with Gasteiger partial charge in [-0.05, 0) is 123 Å². The van der Waals surface area contributed by atoms with E-state index < -0.39 is 0 Å². The van der Waals surface area contributed by atoms with Gasteiger partial charge in [-0.3, -0.25) is 0 Å². The number of hydrogen-bond acceptors (Lipinski definition) is 4. The fraction of sp³-hybridized carbons (Fsp3) is 0. The van der Waals surface area contributed by atoms with Crippen molar-refractivity contribution in [1.82, 2.24) is 0 Å². The molecule has 0 aliphatic carbocycles. The van der Waals surface area contributed by atoms with E-state index in [1.807, 2.05) is 71.2 Å².